The lowest BCUT2D eigenvalue weighted by atomic mass is 10.1. The van der Waals surface area contributed by atoms with Crippen molar-refractivity contribution in [2.75, 3.05) is 0 Å². The molecule has 21 heavy (non-hydrogen) atoms. The van der Waals surface area contributed by atoms with E-state index in [9.17, 15) is 14.0 Å². The predicted octanol–water partition coefficient (Wildman–Crippen LogP) is 2.95. The Morgan fingerprint density at radius 1 is 1.29 bits per heavy atom. The van der Waals surface area contributed by atoms with Crippen LogP contribution in [0.25, 0.3) is 10.1 Å². The first-order valence-electron chi connectivity index (χ1n) is 6.14. The Bertz CT molecular complexity index is 897. The molecule has 3 aromatic rings. The maximum atomic E-state index is 13.8. The summed E-state index contributed by atoms with van der Waals surface area (Å²) < 4.78 is 16.0. The standard InChI is InChI=1S/C15H10FNO3S/c16-12-2-1-9(15(19)20)7-10(12)8-17-5-3-13-11(14(17)18)4-6-21-13/h1-7H,8H2,(H,19,20). The number of aromatic carboxylic acids is 1. The summed E-state index contributed by atoms with van der Waals surface area (Å²) in [6.45, 7) is -0.00241. The minimum atomic E-state index is -1.13. The molecule has 2 aromatic heterocycles. The first-order valence-corrected chi connectivity index (χ1v) is 7.02. The fourth-order valence-corrected chi connectivity index (χ4v) is 2.92. The van der Waals surface area contributed by atoms with Crippen LogP contribution in [0.5, 0.6) is 0 Å². The molecular formula is C15H10FNO3S. The number of pyridine rings is 1. The van der Waals surface area contributed by atoms with Gasteiger partial charge in [-0.1, -0.05) is 0 Å². The summed E-state index contributed by atoms with van der Waals surface area (Å²) in [7, 11) is 0. The zero-order valence-corrected chi connectivity index (χ0v) is 11.6. The molecule has 0 aliphatic heterocycles. The van der Waals surface area contributed by atoms with Crippen LogP contribution in [-0.2, 0) is 6.54 Å². The Hall–Kier alpha value is -2.47. The van der Waals surface area contributed by atoms with Crippen molar-refractivity contribution < 1.29 is 14.3 Å². The van der Waals surface area contributed by atoms with Gasteiger partial charge in [0.25, 0.3) is 5.56 Å². The van der Waals surface area contributed by atoms with Gasteiger partial charge in [0.2, 0.25) is 0 Å². The van der Waals surface area contributed by atoms with Crippen molar-refractivity contribution in [3.8, 4) is 0 Å². The summed E-state index contributed by atoms with van der Waals surface area (Å²) in [5.74, 6) is -1.66. The molecule has 1 N–H and O–H groups in total. The molecule has 106 valence electrons. The number of aromatic nitrogens is 1. The molecule has 2 heterocycles. The summed E-state index contributed by atoms with van der Waals surface area (Å²) >= 11 is 1.46. The van der Waals surface area contributed by atoms with Crippen LogP contribution < -0.4 is 5.56 Å². The summed E-state index contributed by atoms with van der Waals surface area (Å²) in [6, 6.07) is 7.07. The number of rotatable bonds is 3. The van der Waals surface area contributed by atoms with E-state index in [0.29, 0.717) is 5.39 Å². The molecule has 0 saturated heterocycles. The van der Waals surface area contributed by atoms with Crippen LogP contribution in [0.15, 0.2) is 46.7 Å². The smallest absolute Gasteiger partial charge is 0.335 e. The lowest BCUT2D eigenvalue weighted by Gasteiger charge is -2.08. The Labute approximate surface area is 122 Å². The third-order valence-corrected chi connectivity index (χ3v) is 4.11. The predicted molar refractivity (Wildman–Crippen MR) is 78.5 cm³/mol. The van der Waals surface area contributed by atoms with E-state index in [0.717, 1.165) is 10.8 Å². The van der Waals surface area contributed by atoms with E-state index in [4.69, 9.17) is 5.11 Å². The Balaban J connectivity index is 2.06. The van der Waals surface area contributed by atoms with Crippen LogP contribution in [0, 0.1) is 5.82 Å². The number of nitrogens with zero attached hydrogens (tertiary/aromatic N) is 1. The van der Waals surface area contributed by atoms with Crippen LogP contribution >= 0.6 is 11.3 Å². The Kier molecular flexibility index (Phi) is 3.31. The van der Waals surface area contributed by atoms with E-state index in [1.807, 2.05) is 5.38 Å². The molecule has 0 saturated carbocycles. The van der Waals surface area contributed by atoms with Gasteiger partial charge in [0, 0.05) is 16.5 Å². The fraction of sp³-hybridized carbons (Fsp3) is 0.0667. The van der Waals surface area contributed by atoms with Gasteiger partial charge in [0.1, 0.15) is 5.82 Å². The summed E-state index contributed by atoms with van der Waals surface area (Å²) in [4.78, 5) is 23.2. The molecule has 0 aliphatic carbocycles. The monoisotopic (exact) mass is 303 g/mol. The van der Waals surface area contributed by atoms with Crippen molar-refractivity contribution in [3.05, 3.63) is 69.2 Å². The lowest BCUT2D eigenvalue weighted by molar-refractivity contribution is 0.0696. The van der Waals surface area contributed by atoms with Crippen LogP contribution in [-0.4, -0.2) is 15.6 Å². The topological polar surface area (TPSA) is 59.3 Å². The van der Waals surface area contributed by atoms with E-state index in [1.165, 1.54) is 28.0 Å². The van der Waals surface area contributed by atoms with Gasteiger partial charge in [-0.15, -0.1) is 11.3 Å². The SMILES string of the molecule is O=C(O)c1ccc(F)c(Cn2ccc3sccc3c2=O)c1. The molecular weight excluding hydrogens is 293 g/mol. The molecule has 0 amide bonds. The third kappa shape index (κ3) is 2.45. The van der Waals surface area contributed by atoms with Gasteiger partial charge < -0.3 is 9.67 Å². The van der Waals surface area contributed by atoms with Gasteiger partial charge >= 0.3 is 5.97 Å². The summed E-state index contributed by atoms with van der Waals surface area (Å²) in [6.07, 6.45) is 1.59. The van der Waals surface area contributed by atoms with Crippen LogP contribution in [0.4, 0.5) is 4.39 Å². The molecule has 0 atom stereocenters. The van der Waals surface area contributed by atoms with Crippen molar-refractivity contribution in [3.63, 3.8) is 0 Å². The zero-order valence-electron chi connectivity index (χ0n) is 10.7. The molecule has 0 unspecified atom stereocenters. The highest BCUT2D eigenvalue weighted by molar-refractivity contribution is 7.17. The van der Waals surface area contributed by atoms with E-state index >= 15 is 0 Å². The van der Waals surface area contributed by atoms with Gasteiger partial charge in [0.05, 0.1) is 17.5 Å². The van der Waals surface area contributed by atoms with Gasteiger partial charge in [0.15, 0.2) is 0 Å². The molecule has 6 heteroatoms. The lowest BCUT2D eigenvalue weighted by Crippen LogP contribution is -2.20. The van der Waals surface area contributed by atoms with E-state index in [-0.39, 0.29) is 23.2 Å². The van der Waals surface area contributed by atoms with E-state index in [2.05, 4.69) is 0 Å². The second kappa shape index (κ2) is 5.14. The first kappa shape index (κ1) is 13.5. The molecule has 0 bridgehead atoms. The van der Waals surface area contributed by atoms with Crippen molar-refractivity contribution in [2.24, 2.45) is 0 Å². The average Bonchev–Trinajstić information content (AvgIpc) is 2.93. The minimum absolute atomic E-state index is 0.00241. The van der Waals surface area contributed by atoms with Crippen molar-refractivity contribution in [1.29, 1.82) is 0 Å². The largest absolute Gasteiger partial charge is 0.478 e. The van der Waals surface area contributed by atoms with Crippen molar-refractivity contribution in [2.45, 2.75) is 6.54 Å². The van der Waals surface area contributed by atoms with Crippen molar-refractivity contribution in [1.82, 2.24) is 4.57 Å². The minimum Gasteiger partial charge on any atom is -0.478 e. The van der Waals surface area contributed by atoms with Crippen LogP contribution in [0.3, 0.4) is 0 Å². The molecule has 0 aliphatic rings. The highest BCUT2D eigenvalue weighted by Gasteiger charge is 2.10. The zero-order chi connectivity index (χ0) is 15.0. The molecule has 0 spiro atoms. The van der Waals surface area contributed by atoms with E-state index < -0.39 is 11.8 Å². The quantitative estimate of drug-likeness (QED) is 0.809. The fourth-order valence-electron chi connectivity index (χ4n) is 2.14. The molecule has 1 aromatic carbocycles. The first-order chi connectivity index (χ1) is 10.1. The van der Waals surface area contributed by atoms with Gasteiger partial charge in [-0.25, -0.2) is 9.18 Å². The third-order valence-electron chi connectivity index (χ3n) is 3.23. The summed E-state index contributed by atoms with van der Waals surface area (Å²) in [5, 5.41) is 11.3. The van der Waals surface area contributed by atoms with E-state index in [1.54, 1.807) is 18.3 Å². The highest BCUT2D eigenvalue weighted by Crippen LogP contribution is 2.17. The number of hydrogen-bond acceptors (Lipinski definition) is 3. The summed E-state index contributed by atoms with van der Waals surface area (Å²) in [5.41, 5.74) is -0.0449. The second-order valence-electron chi connectivity index (χ2n) is 4.56. The number of carbonyl (C=O) groups is 1. The molecule has 0 fully saturated rings. The Morgan fingerprint density at radius 3 is 2.86 bits per heavy atom. The molecule has 0 radical (unpaired) electrons. The normalized spacial score (nSPS) is 10.9. The number of halogens is 1. The maximum absolute atomic E-state index is 13.8. The van der Waals surface area contributed by atoms with Gasteiger partial charge in [-0.05, 0) is 35.7 Å². The number of carboxylic acid groups (broad SMARTS) is 1. The number of thiophene rings is 1. The number of fused-ring (bicyclic) bond motifs is 1. The van der Waals surface area contributed by atoms with Crippen LogP contribution in [0.1, 0.15) is 15.9 Å². The number of benzene rings is 1. The maximum Gasteiger partial charge on any atom is 0.335 e. The van der Waals surface area contributed by atoms with Crippen molar-refractivity contribution >= 4 is 27.4 Å². The van der Waals surface area contributed by atoms with Gasteiger partial charge in [-0.2, -0.15) is 0 Å². The number of carboxylic acids is 1. The highest BCUT2D eigenvalue weighted by atomic mass is 32.1. The molecule has 3 rings (SSSR count). The molecule has 4 nitrogen and oxygen atoms in total. The van der Waals surface area contributed by atoms with Gasteiger partial charge in [-0.3, -0.25) is 4.79 Å². The average molecular weight is 303 g/mol. The second-order valence-corrected chi connectivity index (χ2v) is 5.51. The number of hydrogen-bond donors (Lipinski definition) is 1. The Morgan fingerprint density at radius 2 is 2.10 bits per heavy atom. The van der Waals surface area contributed by atoms with Crippen LogP contribution in [0.2, 0.25) is 0 Å².